The van der Waals surface area contributed by atoms with Crippen molar-refractivity contribution < 1.29 is 0 Å². The third kappa shape index (κ3) is 3.22. The highest BCUT2D eigenvalue weighted by atomic mass is 79.9. The van der Waals surface area contributed by atoms with Crippen molar-refractivity contribution in [3.63, 3.8) is 0 Å². The van der Waals surface area contributed by atoms with E-state index in [1.165, 1.54) is 54.6 Å². The molecule has 0 spiro atoms. The normalized spacial score (nSPS) is 11.4. The third-order valence-corrected chi connectivity index (χ3v) is 6.59. The van der Waals surface area contributed by atoms with Crippen molar-refractivity contribution >= 4 is 48.2 Å². The van der Waals surface area contributed by atoms with Crippen LogP contribution in [0.25, 0.3) is 54.6 Å². The fourth-order valence-corrected chi connectivity index (χ4v) is 4.94. The summed E-state index contributed by atoms with van der Waals surface area (Å²) in [5.41, 5.74) is 5.00. The Balaban J connectivity index is 1.49. The summed E-state index contributed by atoms with van der Waals surface area (Å²) >= 11 is 3.58. The number of hydrogen-bond acceptors (Lipinski definition) is 0. The summed E-state index contributed by atoms with van der Waals surface area (Å²) < 4.78 is 1.11. The van der Waals surface area contributed by atoms with E-state index in [0.29, 0.717) is 0 Å². The Hall–Kier alpha value is -3.42. The molecule has 0 saturated carbocycles. The van der Waals surface area contributed by atoms with Crippen LogP contribution < -0.4 is 0 Å². The molecular formula is C30H19Br. The Kier molecular flexibility index (Phi) is 4.36. The average Bonchev–Trinajstić information content (AvgIpc) is 2.83. The second kappa shape index (κ2) is 7.37. The summed E-state index contributed by atoms with van der Waals surface area (Å²) in [6.45, 7) is 0. The Bertz CT molecular complexity index is 1590. The van der Waals surface area contributed by atoms with Crippen molar-refractivity contribution in [3.05, 3.63) is 120 Å². The van der Waals surface area contributed by atoms with E-state index in [1.54, 1.807) is 0 Å². The first-order valence-electron chi connectivity index (χ1n) is 10.5. The van der Waals surface area contributed by atoms with Gasteiger partial charge >= 0.3 is 0 Å². The van der Waals surface area contributed by atoms with Crippen molar-refractivity contribution in [2.24, 2.45) is 0 Å². The maximum Gasteiger partial charge on any atom is 0.0181 e. The Morgan fingerprint density at radius 1 is 0.387 bits per heavy atom. The molecule has 0 nitrogen and oxygen atoms in total. The lowest BCUT2D eigenvalue weighted by molar-refractivity contribution is 1.62. The topological polar surface area (TPSA) is 0 Å². The summed E-state index contributed by atoms with van der Waals surface area (Å²) in [5, 5.41) is 7.67. The number of benzene rings is 6. The molecule has 0 fully saturated rings. The first-order valence-corrected chi connectivity index (χ1v) is 11.3. The lowest BCUT2D eigenvalue weighted by atomic mass is 9.94. The fourth-order valence-electron chi connectivity index (χ4n) is 4.57. The average molecular weight is 459 g/mol. The molecule has 0 amide bonds. The van der Waals surface area contributed by atoms with E-state index in [4.69, 9.17) is 0 Å². The van der Waals surface area contributed by atoms with E-state index >= 15 is 0 Å². The van der Waals surface area contributed by atoms with Gasteiger partial charge in [-0.25, -0.2) is 0 Å². The molecule has 31 heavy (non-hydrogen) atoms. The molecule has 0 unspecified atom stereocenters. The van der Waals surface area contributed by atoms with Crippen molar-refractivity contribution in [2.75, 3.05) is 0 Å². The predicted molar refractivity (Wildman–Crippen MR) is 138 cm³/mol. The van der Waals surface area contributed by atoms with E-state index in [9.17, 15) is 0 Å². The van der Waals surface area contributed by atoms with Crippen LogP contribution in [0, 0.1) is 0 Å². The number of halogens is 1. The second-order valence-electron chi connectivity index (χ2n) is 7.97. The molecule has 0 aromatic heterocycles. The Morgan fingerprint density at radius 2 is 1.06 bits per heavy atom. The standard InChI is InChI=1S/C30H19Br/c31-26-14-16-30-25(19-26)12-11-24-18-22(13-15-29(24)30)21-7-3-8-23(17-21)28-10-4-6-20-5-1-2-9-27(20)28/h1-19H. The Labute approximate surface area is 189 Å². The molecule has 1 heteroatoms. The van der Waals surface area contributed by atoms with E-state index in [2.05, 4.69) is 131 Å². The zero-order valence-corrected chi connectivity index (χ0v) is 18.4. The van der Waals surface area contributed by atoms with Gasteiger partial charge in [-0.1, -0.05) is 107 Å². The van der Waals surface area contributed by atoms with Crippen LogP contribution in [0.15, 0.2) is 120 Å². The molecule has 0 radical (unpaired) electrons. The summed E-state index contributed by atoms with van der Waals surface area (Å²) in [7, 11) is 0. The molecule has 6 rings (SSSR count). The highest BCUT2D eigenvalue weighted by Crippen LogP contribution is 2.34. The highest BCUT2D eigenvalue weighted by Gasteiger charge is 2.07. The quantitative estimate of drug-likeness (QED) is 0.226. The molecule has 0 atom stereocenters. The smallest absolute Gasteiger partial charge is 0.0181 e. The van der Waals surface area contributed by atoms with E-state index < -0.39 is 0 Å². The summed E-state index contributed by atoms with van der Waals surface area (Å²) in [4.78, 5) is 0. The van der Waals surface area contributed by atoms with Crippen LogP contribution >= 0.6 is 15.9 Å². The van der Waals surface area contributed by atoms with E-state index in [-0.39, 0.29) is 0 Å². The van der Waals surface area contributed by atoms with Gasteiger partial charge in [0.05, 0.1) is 0 Å². The molecule has 0 aliphatic carbocycles. The van der Waals surface area contributed by atoms with Crippen molar-refractivity contribution in [2.45, 2.75) is 0 Å². The molecule has 0 heterocycles. The molecule has 0 N–H and O–H groups in total. The van der Waals surface area contributed by atoms with Gasteiger partial charge in [0, 0.05) is 4.47 Å². The van der Waals surface area contributed by atoms with Gasteiger partial charge in [-0.05, 0) is 78.8 Å². The molecule has 0 saturated heterocycles. The molecule has 0 aliphatic rings. The number of hydrogen-bond donors (Lipinski definition) is 0. The van der Waals surface area contributed by atoms with Crippen LogP contribution in [0.2, 0.25) is 0 Å². The van der Waals surface area contributed by atoms with E-state index in [1.807, 2.05) is 0 Å². The van der Waals surface area contributed by atoms with Gasteiger partial charge < -0.3 is 0 Å². The Morgan fingerprint density at radius 3 is 1.97 bits per heavy atom. The largest absolute Gasteiger partial charge is 0.0616 e. The summed E-state index contributed by atoms with van der Waals surface area (Å²) in [5.74, 6) is 0. The molecule has 146 valence electrons. The number of rotatable bonds is 2. The van der Waals surface area contributed by atoms with Crippen LogP contribution in [0.4, 0.5) is 0 Å². The minimum atomic E-state index is 1.11. The van der Waals surface area contributed by atoms with Gasteiger partial charge in [0.1, 0.15) is 0 Å². The van der Waals surface area contributed by atoms with Crippen molar-refractivity contribution in [3.8, 4) is 22.3 Å². The van der Waals surface area contributed by atoms with Crippen LogP contribution in [-0.2, 0) is 0 Å². The summed E-state index contributed by atoms with van der Waals surface area (Å²) in [6, 6.07) is 41.7. The van der Waals surface area contributed by atoms with Crippen LogP contribution in [0.1, 0.15) is 0 Å². The van der Waals surface area contributed by atoms with Crippen LogP contribution in [0.5, 0.6) is 0 Å². The lowest BCUT2D eigenvalue weighted by Gasteiger charge is -2.11. The lowest BCUT2D eigenvalue weighted by Crippen LogP contribution is -1.84. The van der Waals surface area contributed by atoms with Gasteiger partial charge in [-0.15, -0.1) is 0 Å². The molecule has 0 aliphatic heterocycles. The van der Waals surface area contributed by atoms with Gasteiger partial charge in [0.25, 0.3) is 0 Å². The van der Waals surface area contributed by atoms with Gasteiger partial charge in [-0.3, -0.25) is 0 Å². The number of fused-ring (bicyclic) bond motifs is 4. The molecule has 0 bridgehead atoms. The highest BCUT2D eigenvalue weighted by molar-refractivity contribution is 9.10. The third-order valence-electron chi connectivity index (χ3n) is 6.09. The monoisotopic (exact) mass is 458 g/mol. The van der Waals surface area contributed by atoms with Crippen molar-refractivity contribution in [1.29, 1.82) is 0 Å². The predicted octanol–water partition coefficient (Wildman–Crippen LogP) is 9.24. The maximum atomic E-state index is 3.58. The zero-order chi connectivity index (χ0) is 20.8. The maximum absolute atomic E-state index is 3.58. The molecule has 6 aromatic rings. The SMILES string of the molecule is Brc1ccc2c(ccc3cc(-c4cccc(-c5cccc6ccccc56)c4)ccc32)c1. The first kappa shape index (κ1) is 18.4. The second-order valence-corrected chi connectivity index (χ2v) is 8.89. The molecular weight excluding hydrogens is 440 g/mol. The minimum absolute atomic E-state index is 1.11. The van der Waals surface area contributed by atoms with Gasteiger partial charge in [0.15, 0.2) is 0 Å². The van der Waals surface area contributed by atoms with Crippen LogP contribution in [0.3, 0.4) is 0 Å². The van der Waals surface area contributed by atoms with E-state index in [0.717, 1.165) is 4.47 Å². The first-order chi connectivity index (χ1) is 15.3. The van der Waals surface area contributed by atoms with Gasteiger partial charge in [0.2, 0.25) is 0 Å². The van der Waals surface area contributed by atoms with Crippen LogP contribution in [-0.4, -0.2) is 0 Å². The van der Waals surface area contributed by atoms with Crippen molar-refractivity contribution in [1.82, 2.24) is 0 Å². The van der Waals surface area contributed by atoms with Gasteiger partial charge in [-0.2, -0.15) is 0 Å². The molecule has 6 aromatic carbocycles. The zero-order valence-electron chi connectivity index (χ0n) is 16.8. The summed E-state index contributed by atoms with van der Waals surface area (Å²) in [6.07, 6.45) is 0. The fraction of sp³-hybridized carbons (Fsp3) is 0. The minimum Gasteiger partial charge on any atom is -0.0616 e.